The first kappa shape index (κ1) is 21.6. The highest BCUT2D eigenvalue weighted by Gasteiger charge is 2.25. The third-order valence-corrected chi connectivity index (χ3v) is 7.24. The zero-order valence-corrected chi connectivity index (χ0v) is 18.7. The number of rotatable bonds is 6. The molecule has 2 aliphatic rings. The second kappa shape index (κ2) is 10.1. The molecule has 7 heteroatoms. The molecule has 2 aliphatic heterocycles. The van der Waals surface area contributed by atoms with Crippen LogP contribution in [0.1, 0.15) is 18.4 Å². The van der Waals surface area contributed by atoms with E-state index in [1.54, 1.807) is 18.9 Å². The normalized spacial score (nSPS) is 18.7. The van der Waals surface area contributed by atoms with Crippen LogP contribution in [0.3, 0.4) is 0 Å². The number of piperazine rings is 1. The maximum absolute atomic E-state index is 12.7. The van der Waals surface area contributed by atoms with Crippen LogP contribution in [-0.4, -0.2) is 61.0 Å². The molecular formula is C24H29N3O3S. The molecule has 0 aromatic heterocycles. The topological polar surface area (TPSA) is 61.9 Å². The number of thioether (sulfide) groups is 1. The van der Waals surface area contributed by atoms with Gasteiger partial charge in [0.25, 0.3) is 0 Å². The molecule has 164 valence electrons. The number of hydrogen-bond donors (Lipinski definition) is 1. The number of aryl methyl sites for hydroxylation is 1. The van der Waals surface area contributed by atoms with E-state index in [0.717, 1.165) is 56.1 Å². The predicted octanol–water partition coefficient (Wildman–Crippen LogP) is 3.42. The Morgan fingerprint density at radius 3 is 2.58 bits per heavy atom. The van der Waals surface area contributed by atoms with Crippen molar-refractivity contribution in [1.82, 2.24) is 4.90 Å². The van der Waals surface area contributed by atoms with Crippen molar-refractivity contribution in [3.8, 4) is 5.75 Å². The van der Waals surface area contributed by atoms with Crippen molar-refractivity contribution >= 4 is 35.0 Å². The van der Waals surface area contributed by atoms with Crippen LogP contribution >= 0.6 is 11.8 Å². The molecule has 0 radical (unpaired) electrons. The number of amides is 2. The fourth-order valence-electron chi connectivity index (χ4n) is 4.10. The Kier molecular flexibility index (Phi) is 7.02. The number of benzene rings is 2. The summed E-state index contributed by atoms with van der Waals surface area (Å²) in [6, 6.07) is 16.0. The predicted molar refractivity (Wildman–Crippen MR) is 126 cm³/mol. The molecular weight excluding hydrogens is 410 g/mol. The van der Waals surface area contributed by atoms with Crippen LogP contribution < -0.4 is 15.0 Å². The Labute approximate surface area is 187 Å². The SMILES string of the molecule is COc1ccc(N2CCN(C(=O)CCS[C@@H]3CCc4ccccc4NC3=O)CC2)cc1. The molecule has 1 N–H and O–H groups in total. The lowest BCUT2D eigenvalue weighted by atomic mass is 10.1. The quantitative estimate of drug-likeness (QED) is 0.747. The van der Waals surface area contributed by atoms with Crippen molar-refractivity contribution < 1.29 is 14.3 Å². The first-order valence-electron chi connectivity index (χ1n) is 10.8. The van der Waals surface area contributed by atoms with Crippen LogP contribution in [0.4, 0.5) is 11.4 Å². The fourth-order valence-corrected chi connectivity index (χ4v) is 5.18. The van der Waals surface area contributed by atoms with Crippen LogP contribution in [0, 0.1) is 0 Å². The summed E-state index contributed by atoms with van der Waals surface area (Å²) in [4.78, 5) is 29.4. The van der Waals surface area contributed by atoms with E-state index >= 15 is 0 Å². The minimum atomic E-state index is -0.105. The highest BCUT2D eigenvalue weighted by atomic mass is 32.2. The van der Waals surface area contributed by atoms with E-state index in [9.17, 15) is 9.59 Å². The van der Waals surface area contributed by atoms with Crippen LogP contribution in [-0.2, 0) is 16.0 Å². The number of para-hydroxylation sites is 1. The Morgan fingerprint density at radius 1 is 1.10 bits per heavy atom. The van der Waals surface area contributed by atoms with Crippen LogP contribution in [0.25, 0.3) is 0 Å². The molecule has 0 saturated carbocycles. The van der Waals surface area contributed by atoms with Crippen LogP contribution in [0.2, 0.25) is 0 Å². The second-order valence-corrected chi connectivity index (χ2v) is 9.17. The molecule has 1 atom stereocenters. The van der Waals surface area contributed by atoms with Crippen molar-refractivity contribution in [3.05, 3.63) is 54.1 Å². The molecule has 0 bridgehead atoms. The Balaban J connectivity index is 1.20. The van der Waals surface area contributed by atoms with E-state index in [-0.39, 0.29) is 17.1 Å². The van der Waals surface area contributed by atoms with E-state index < -0.39 is 0 Å². The minimum absolute atomic E-state index is 0.0514. The number of anilines is 2. The lowest BCUT2D eigenvalue weighted by Gasteiger charge is -2.36. The number of ether oxygens (including phenoxy) is 1. The molecule has 1 saturated heterocycles. The second-order valence-electron chi connectivity index (χ2n) is 7.86. The number of carbonyl (C=O) groups excluding carboxylic acids is 2. The fraction of sp³-hybridized carbons (Fsp3) is 0.417. The molecule has 0 aliphatic carbocycles. The molecule has 0 spiro atoms. The van der Waals surface area contributed by atoms with Crippen molar-refractivity contribution in [1.29, 1.82) is 0 Å². The number of nitrogens with one attached hydrogen (secondary N) is 1. The van der Waals surface area contributed by atoms with Gasteiger partial charge in [0.05, 0.1) is 12.4 Å². The lowest BCUT2D eigenvalue weighted by Crippen LogP contribution is -2.48. The molecule has 2 amide bonds. The highest BCUT2D eigenvalue weighted by Crippen LogP contribution is 2.27. The van der Waals surface area contributed by atoms with Gasteiger partial charge in [-0.1, -0.05) is 18.2 Å². The summed E-state index contributed by atoms with van der Waals surface area (Å²) in [7, 11) is 1.67. The average molecular weight is 440 g/mol. The smallest absolute Gasteiger partial charge is 0.237 e. The summed E-state index contributed by atoms with van der Waals surface area (Å²) in [6.45, 7) is 3.12. The summed E-state index contributed by atoms with van der Waals surface area (Å²) >= 11 is 1.60. The van der Waals surface area contributed by atoms with Crippen LogP contribution in [0.15, 0.2) is 48.5 Å². The first-order valence-corrected chi connectivity index (χ1v) is 11.9. The van der Waals surface area contributed by atoms with Gasteiger partial charge in [0.15, 0.2) is 0 Å². The van der Waals surface area contributed by atoms with E-state index in [4.69, 9.17) is 4.74 Å². The van der Waals surface area contributed by atoms with Gasteiger partial charge in [-0.3, -0.25) is 9.59 Å². The number of nitrogens with zero attached hydrogens (tertiary/aromatic N) is 2. The van der Waals surface area contributed by atoms with Crippen LogP contribution in [0.5, 0.6) is 5.75 Å². The molecule has 0 unspecified atom stereocenters. The molecule has 1 fully saturated rings. The summed E-state index contributed by atoms with van der Waals surface area (Å²) in [5.41, 5.74) is 3.26. The van der Waals surface area contributed by atoms with E-state index in [2.05, 4.69) is 28.4 Å². The number of carbonyl (C=O) groups is 2. The monoisotopic (exact) mass is 439 g/mol. The molecule has 2 aromatic rings. The average Bonchev–Trinajstić information content (AvgIpc) is 2.97. The van der Waals surface area contributed by atoms with Gasteiger partial charge in [0.2, 0.25) is 11.8 Å². The van der Waals surface area contributed by atoms with Gasteiger partial charge < -0.3 is 19.9 Å². The van der Waals surface area contributed by atoms with E-state index in [1.807, 2.05) is 35.2 Å². The minimum Gasteiger partial charge on any atom is -0.497 e. The third kappa shape index (κ3) is 5.34. The van der Waals surface area contributed by atoms with Gasteiger partial charge in [-0.05, 0) is 48.7 Å². The van der Waals surface area contributed by atoms with Crippen molar-refractivity contribution in [2.24, 2.45) is 0 Å². The maximum Gasteiger partial charge on any atom is 0.237 e. The zero-order valence-electron chi connectivity index (χ0n) is 17.9. The molecule has 4 rings (SSSR count). The van der Waals surface area contributed by atoms with Gasteiger partial charge in [-0.15, -0.1) is 11.8 Å². The summed E-state index contributed by atoms with van der Waals surface area (Å²) < 4.78 is 5.22. The van der Waals surface area contributed by atoms with Gasteiger partial charge in [0.1, 0.15) is 5.75 Å². The highest BCUT2D eigenvalue weighted by molar-refractivity contribution is 8.00. The zero-order chi connectivity index (χ0) is 21.6. The number of fused-ring (bicyclic) bond motifs is 1. The number of hydrogen-bond acceptors (Lipinski definition) is 5. The van der Waals surface area contributed by atoms with E-state index in [0.29, 0.717) is 12.2 Å². The largest absolute Gasteiger partial charge is 0.497 e. The first-order chi connectivity index (χ1) is 15.1. The Morgan fingerprint density at radius 2 is 1.84 bits per heavy atom. The van der Waals surface area contributed by atoms with Gasteiger partial charge in [-0.2, -0.15) is 0 Å². The molecule has 31 heavy (non-hydrogen) atoms. The van der Waals surface area contributed by atoms with Crippen molar-refractivity contribution in [2.45, 2.75) is 24.5 Å². The maximum atomic E-state index is 12.7. The summed E-state index contributed by atoms with van der Waals surface area (Å²) in [5, 5.41) is 2.93. The third-order valence-electron chi connectivity index (χ3n) is 5.95. The van der Waals surface area contributed by atoms with Gasteiger partial charge >= 0.3 is 0 Å². The molecule has 6 nitrogen and oxygen atoms in total. The summed E-state index contributed by atoms with van der Waals surface area (Å²) in [6.07, 6.45) is 2.17. The Bertz CT molecular complexity index is 911. The van der Waals surface area contributed by atoms with Crippen molar-refractivity contribution in [3.63, 3.8) is 0 Å². The Hall–Kier alpha value is -2.67. The van der Waals surface area contributed by atoms with Crippen molar-refractivity contribution in [2.75, 3.05) is 49.3 Å². The number of methoxy groups -OCH3 is 1. The van der Waals surface area contributed by atoms with E-state index in [1.165, 1.54) is 5.56 Å². The summed E-state index contributed by atoms with van der Waals surface area (Å²) in [5.74, 6) is 1.75. The lowest BCUT2D eigenvalue weighted by molar-refractivity contribution is -0.131. The van der Waals surface area contributed by atoms with Gasteiger partial charge in [-0.25, -0.2) is 0 Å². The molecule has 2 aromatic carbocycles. The molecule has 2 heterocycles. The van der Waals surface area contributed by atoms with Gasteiger partial charge in [0, 0.05) is 49.7 Å². The standard InChI is InChI=1S/C24H29N3O3S/c1-30-20-9-7-19(8-10-20)26-13-15-27(16-14-26)23(28)12-17-31-22-11-6-18-4-2-3-5-21(18)25-24(22)29/h2-5,7-10,22H,6,11-17H2,1H3,(H,25,29)/t22-/m1/s1.